The Labute approximate surface area is 246 Å². The maximum Gasteiger partial charge on any atom is 0.339 e. The number of aromatic hydroxyl groups is 5. The molecule has 2 aliphatic heterocycles. The van der Waals surface area contributed by atoms with E-state index in [1.54, 1.807) is 0 Å². The quantitative estimate of drug-likeness (QED) is 0.107. The molecular formula is C29H26O15. The average Bonchev–Trinajstić information content (AvgIpc) is 3.00. The van der Waals surface area contributed by atoms with Gasteiger partial charge in [-0.05, 0) is 36.4 Å². The monoisotopic (exact) mass is 614 g/mol. The van der Waals surface area contributed by atoms with Gasteiger partial charge in [0.05, 0.1) is 24.8 Å². The molecule has 0 radical (unpaired) electrons. The number of hydrogen-bond acceptors (Lipinski definition) is 15. The van der Waals surface area contributed by atoms with E-state index in [4.69, 9.17) is 23.4 Å². The van der Waals surface area contributed by atoms with Crippen molar-refractivity contribution < 1.29 is 69.0 Å². The van der Waals surface area contributed by atoms with Crippen molar-refractivity contribution in [2.75, 3.05) is 13.7 Å². The first kappa shape index (κ1) is 30.2. The van der Waals surface area contributed by atoms with E-state index in [-0.39, 0.29) is 34.1 Å². The summed E-state index contributed by atoms with van der Waals surface area (Å²) >= 11 is 0. The van der Waals surface area contributed by atoms with E-state index < -0.39 is 83.0 Å². The third-order valence-corrected chi connectivity index (χ3v) is 6.88. The number of rotatable bonds is 7. The first-order chi connectivity index (χ1) is 20.9. The zero-order valence-electron chi connectivity index (χ0n) is 22.6. The standard InChI is InChI=1S/C29H26O15/c1-40-13-7-16(32)14-9-21(26(41-20(14)8-13)11-2-3-15(31)17(33)4-11)42-29-27(25(38)24(37)22(10-30)43-29)44-28(39)12-5-18(34)23(36)19(35)6-12/h2-9,22,24-25,27,29-31,33-38H,10H2,1H3/t22-,24+,25+,27-,29-/m1/s1. The van der Waals surface area contributed by atoms with Crippen LogP contribution in [0.25, 0.3) is 22.6 Å². The molecular weight excluding hydrogens is 588 g/mol. The molecule has 5 atom stereocenters. The van der Waals surface area contributed by atoms with Crippen LogP contribution in [-0.4, -0.2) is 91.2 Å². The fourth-order valence-electron chi connectivity index (χ4n) is 4.55. The molecule has 3 aliphatic rings. The molecule has 0 saturated carbocycles. The Morgan fingerprint density at radius 1 is 0.886 bits per heavy atom. The van der Waals surface area contributed by atoms with Crippen LogP contribution >= 0.6 is 0 Å². The van der Waals surface area contributed by atoms with Crippen LogP contribution in [0.3, 0.4) is 0 Å². The van der Waals surface area contributed by atoms with Crippen LogP contribution in [0, 0.1) is 0 Å². The van der Waals surface area contributed by atoms with Crippen LogP contribution in [0.15, 0.2) is 57.7 Å². The van der Waals surface area contributed by atoms with Gasteiger partial charge in [0, 0.05) is 17.7 Å². The topological polar surface area (TPSA) is 246 Å². The summed E-state index contributed by atoms with van der Waals surface area (Å²) in [5, 5.41) is 80.3. The summed E-state index contributed by atoms with van der Waals surface area (Å²) < 4.78 is 28.0. The predicted octanol–water partition coefficient (Wildman–Crippen LogP) is 0.992. The fourth-order valence-corrected chi connectivity index (χ4v) is 4.55. The summed E-state index contributed by atoms with van der Waals surface area (Å²) in [5.41, 5.74) is -0.887. The number of hydrogen-bond donors (Lipinski definition) is 8. The lowest BCUT2D eigenvalue weighted by atomic mass is 9.99. The van der Waals surface area contributed by atoms with Gasteiger partial charge >= 0.3 is 5.97 Å². The Balaban J connectivity index is 1.60. The van der Waals surface area contributed by atoms with E-state index in [0.29, 0.717) is 0 Å². The van der Waals surface area contributed by atoms with E-state index in [1.165, 1.54) is 31.4 Å². The third kappa shape index (κ3) is 5.59. The Morgan fingerprint density at radius 2 is 1.59 bits per heavy atom. The van der Waals surface area contributed by atoms with E-state index in [9.17, 15) is 50.4 Å². The first-order valence-electron chi connectivity index (χ1n) is 12.8. The van der Waals surface area contributed by atoms with Gasteiger partial charge in [-0.3, -0.25) is 4.79 Å². The second kappa shape index (κ2) is 11.8. The number of ether oxygens (including phenoxy) is 4. The van der Waals surface area contributed by atoms with Crippen molar-refractivity contribution in [3.8, 4) is 62.9 Å². The fraction of sp³-hybridized carbons (Fsp3) is 0.241. The third-order valence-electron chi connectivity index (χ3n) is 6.88. The lowest BCUT2D eigenvalue weighted by Gasteiger charge is -2.41. The van der Waals surface area contributed by atoms with Gasteiger partial charge in [-0.25, -0.2) is 4.79 Å². The summed E-state index contributed by atoms with van der Waals surface area (Å²) in [6, 6.07) is 9.02. The lowest BCUT2D eigenvalue weighted by molar-refractivity contribution is -0.276. The van der Waals surface area contributed by atoms with Gasteiger partial charge in [-0.1, -0.05) is 0 Å². The molecule has 232 valence electrons. The molecule has 2 aromatic carbocycles. The van der Waals surface area contributed by atoms with Crippen molar-refractivity contribution in [3.63, 3.8) is 0 Å². The molecule has 0 unspecified atom stereocenters. The van der Waals surface area contributed by atoms with Gasteiger partial charge < -0.3 is 64.2 Å². The van der Waals surface area contributed by atoms with E-state index >= 15 is 0 Å². The van der Waals surface area contributed by atoms with Crippen molar-refractivity contribution >= 4 is 5.97 Å². The Morgan fingerprint density at radius 3 is 2.23 bits per heavy atom. The van der Waals surface area contributed by atoms with Crippen LogP contribution in [0.2, 0.25) is 0 Å². The molecule has 1 aliphatic carbocycles. The summed E-state index contributed by atoms with van der Waals surface area (Å²) in [5.74, 6) is -5.01. The summed E-state index contributed by atoms with van der Waals surface area (Å²) in [6.07, 6.45) is -8.77. The summed E-state index contributed by atoms with van der Waals surface area (Å²) in [4.78, 5) is 25.8. The number of methoxy groups -OCH3 is 1. The van der Waals surface area contributed by atoms with Gasteiger partial charge in [-0.15, -0.1) is 0 Å². The van der Waals surface area contributed by atoms with Gasteiger partial charge in [0.25, 0.3) is 0 Å². The van der Waals surface area contributed by atoms with E-state index in [0.717, 1.165) is 24.3 Å². The maximum absolute atomic E-state index is 13.0. The number of benzene rings is 3. The van der Waals surface area contributed by atoms with Crippen LogP contribution in [0.1, 0.15) is 10.4 Å². The summed E-state index contributed by atoms with van der Waals surface area (Å²) in [6.45, 7) is -0.802. The highest BCUT2D eigenvalue weighted by Crippen LogP contribution is 2.42. The van der Waals surface area contributed by atoms with Gasteiger partial charge in [0.15, 0.2) is 51.8 Å². The minimum atomic E-state index is -1.92. The molecule has 1 saturated heterocycles. The van der Waals surface area contributed by atoms with Gasteiger partial charge in [0.2, 0.25) is 6.29 Å². The second-order valence-corrected chi connectivity index (χ2v) is 9.74. The number of phenols is 5. The molecule has 44 heavy (non-hydrogen) atoms. The molecule has 2 heterocycles. The molecule has 0 spiro atoms. The smallest absolute Gasteiger partial charge is 0.339 e. The molecule has 0 aromatic heterocycles. The van der Waals surface area contributed by atoms with Crippen LogP contribution in [-0.2, 0) is 9.47 Å². The minimum absolute atomic E-state index is 0.00811. The Hall–Kier alpha value is -5.22. The lowest BCUT2D eigenvalue weighted by Crippen LogP contribution is -2.61. The van der Waals surface area contributed by atoms with E-state index in [1.807, 2.05) is 0 Å². The molecule has 5 rings (SSSR count). The largest absolute Gasteiger partial charge is 0.504 e. The van der Waals surface area contributed by atoms with Gasteiger partial charge in [0.1, 0.15) is 29.8 Å². The highest BCUT2D eigenvalue weighted by atomic mass is 16.7. The number of carbonyl (C=O) groups is 1. The molecule has 2 aromatic rings. The SMILES string of the molecule is COc1cc2oc(-c3ccc(O)c(O)c3)c(O[C@@H]3O[C@H](CO)[C@H](O)[C@H](O)[C@H]3OC(=O)c3cc(O)c(O)c(O)c3)cc-2c(=O)c1. The number of esters is 1. The molecule has 15 heteroatoms. The Kier molecular flexibility index (Phi) is 8.12. The molecule has 15 nitrogen and oxygen atoms in total. The summed E-state index contributed by atoms with van der Waals surface area (Å²) in [7, 11) is 1.34. The number of aliphatic hydroxyl groups excluding tert-OH is 3. The molecule has 1 fully saturated rings. The number of phenolic OH excluding ortho intramolecular Hbond substituents is 5. The molecule has 8 N–H and O–H groups in total. The van der Waals surface area contributed by atoms with Gasteiger partial charge in [-0.2, -0.15) is 0 Å². The van der Waals surface area contributed by atoms with E-state index in [2.05, 4.69) is 0 Å². The molecule has 0 bridgehead atoms. The number of aliphatic hydroxyl groups is 3. The van der Waals surface area contributed by atoms with Crippen molar-refractivity contribution in [3.05, 3.63) is 64.3 Å². The first-order valence-corrected chi connectivity index (χ1v) is 12.8. The highest BCUT2D eigenvalue weighted by molar-refractivity contribution is 5.91. The number of fused-ring (bicyclic) bond motifs is 1. The van der Waals surface area contributed by atoms with Crippen LogP contribution in [0.4, 0.5) is 0 Å². The van der Waals surface area contributed by atoms with Crippen LogP contribution in [0.5, 0.6) is 40.2 Å². The van der Waals surface area contributed by atoms with Crippen molar-refractivity contribution in [1.82, 2.24) is 0 Å². The number of carbonyl (C=O) groups excluding carboxylic acids is 1. The minimum Gasteiger partial charge on any atom is -0.504 e. The van der Waals surface area contributed by atoms with Crippen molar-refractivity contribution in [2.45, 2.75) is 30.7 Å². The highest BCUT2D eigenvalue weighted by Gasteiger charge is 2.48. The van der Waals surface area contributed by atoms with Crippen LogP contribution < -0.4 is 14.9 Å². The second-order valence-electron chi connectivity index (χ2n) is 9.74. The predicted molar refractivity (Wildman–Crippen MR) is 146 cm³/mol. The van der Waals surface area contributed by atoms with Crippen molar-refractivity contribution in [2.24, 2.45) is 0 Å². The normalized spacial score (nSPS) is 21.6. The zero-order chi connectivity index (χ0) is 31.9. The average molecular weight is 615 g/mol. The zero-order valence-corrected chi connectivity index (χ0v) is 22.6. The maximum atomic E-state index is 13.0. The van der Waals surface area contributed by atoms with Crippen molar-refractivity contribution in [1.29, 1.82) is 0 Å². The molecule has 0 amide bonds. The Bertz CT molecular complexity index is 1710.